The second-order valence-corrected chi connectivity index (χ2v) is 4.54. The number of aromatic nitrogens is 1. The number of aldehydes is 1. The zero-order valence-electron chi connectivity index (χ0n) is 11.6. The molecule has 0 fully saturated rings. The minimum absolute atomic E-state index is 0.190. The summed E-state index contributed by atoms with van der Waals surface area (Å²) in [7, 11) is 3.02. The van der Waals surface area contributed by atoms with Crippen LogP contribution in [0.3, 0.4) is 0 Å². The van der Waals surface area contributed by atoms with Crippen molar-refractivity contribution in [3.05, 3.63) is 46.6 Å². The first-order chi connectivity index (χ1) is 10.2. The summed E-state index contributed by atoms with van der Waals surface area (Å²) in [5.41, 5.74) is 1.08. The van der Waals surface area contributed by atoms with Gasteiger partial charge in [0.1, 0.15) is 6.61 Å². The zero-order valence-corrected chi connectivity index (χ0v) is 12.4. The van der Waals surface area contributed by atoms with E-state index in [1.165, 1.54) is 20.3 Å². The highest BCUT2D eigenvalue weighted by molar-refractivity contribution is 6.31. The minimum Gasteiger partial charge on any atom is -0.493 e. The quantitative estimate of drug-likeness (QED) is 0.767. The Morgan fingerprint density at radius 1 is 1.29 bits per heavy atom. The third kappa shape index (κ3) is 3.44. The highest BCUT2D eigenvalue weighted by Crippen LogP contribution is 2.34. The molecular formula is C15H14ClNO4. The summed E-state index contributed by atoms with van der Waals surface area (Å²) in [4.78, 5) is 15.2. The maximum atomic E-state index is 11.2. The number of halogens is 1. The first kappa shape index (κ1) is 15.1. The molecule has 0 aliphatic rings. The number of rotatable bonds is 6. The van der Waals surface area contributed by atoms with E-state index in [1.54, 1.807) is 18.3 Å². The molecule has 0 aliphatic heterocycles. The van der Waals surface area contributed by atoms with Gasteiger partial charge in [0.25, 0.3) is 0 Å². The zero-order chi connectivity index (χ0) is 15.2. The summed E-state index contributed by atoms with van der Waals surface area (Å²) in [6.07, 6.45) is 2.30. The maximum Gasteiger partial charge on any atom is 0.219 e. The van der Waals surface area contributed by atoms with E-state index in [2.05, 4.69) is 4.98 Å². The van der Waals surface area contributed by atoms with Crippen LogP contribution < -0.4 is 14.2 Å². The van der Waals surface area contributed by atoms with E-state index >= 15 is 0 Å². The van der Waals surface area contributed by atoms with Crippen LogP contribution in [0, 0.1) is 0 Å². The molecule has 1 heterocycles. The normalized spacial score (nSPS) is 10.0. The van der Waals surface area contributed by atoms with Crippen LogP contribution >= 0.6 is 11.6 Å². The standard InChI is InChI=1S/C15H14ClNO4/c1-19-13-7-12(16)6-11(8-18)14(13)21-9-10-4-3-5-17-15(10)20-2/h3-8H,9H2,1-2H3. The molecule has 1 aromatic heterocycles. The fourth-order valence-corrected chi connectivity index (χ4v) is 2.07. The number of hydrogen-bond donors (Lipinski definition) is 0. The molecule has 6 heteroatoms. The summed E-state index contributed by atoms with van der Waals surface area (Å²) in [5.74, 6) is 1.20. The number of hydrogen-bond acceptors (Lipinski definition) is 5. The van der Waals surface area contributed by atoms with Gasteiger partial charge in [-0.15, -0.1) is 0 Å². The first-order valence-electron chi connectivity index (χ1n) is 6.13. The Hall–Kier alpha value is -2.27. The number of nitrogens with zero attached hydrogens (tertiary/aromatic N) is 1. The predicted molar refractivity (Wildman–Crippen MR) is 78.5 cm³/mol. The Balaban J connectivity index is 2.29. The molecule has 0 N–H and O–H groups in total. The van der Waals surface area contributed by atoms with E-state index in [0.29, 0.717) is 34.3 Å². The molecule has 2 rings (SSSR count). The molecule has 0 saturated heterocycles. The Labute approximate surface area is 127 Å². The van der Waals surface area contributed by atoms with Gasteiger partial charge in [-0.25, -0.2) is 4.98 Å². The molecule has 0 saturated carbocycles. The fourth-order valence-electron chi connectivity index (χ4n) is 1.85. The fraction of sp³-hybridized carbons (Fsp3) is 0.200. The van der Waals surface area contributed by atoms with Crippen molar-refractivity contribution >= 4 is 17.9 Å². The largest absolute Gasteiger partial charge is 0.493 e. The van der Waals surface area contributed by atoms with E-state index in [4.69, 9.17) is 25.8 Å². The van der Waals surface area contributed by atoms with E-state index in [1.807, 2.05) is 6.07 Å². The summed E-state index contributed by atoms with van der Waals surface area (Å²) in [5, 5.41) is 0.403. The van der Waals surface area contributed by atoms with E-state index < -0.39 is 0 Å². The molecule has 0 bridgehead atoms. The van der Waals surface area contributed by atoms with Gasteiger partial charge in [-0.05, 0) is 18.2 Å². The number of pyridine rings is 1. The van der Waals surface area contributed by atoms with E-state index in [0.717, 1.165) is 5.56 Å². The highest BCUT2D eigenvalue weighted by Gasteiger charge is 2.14. The highest BCUT2D eigenvalue weighted by atomic mass is 35.5. The van der Waals surface area contributed by atoms with Crippen molar-refractivity contribution in [1.82, 2.24) is 4.98 Å². The van der Waals surface area contributed by atoms with Gasteiger partial charge in [0.15, 0.2) is 17.8 Å². The molecule has 0 aliphatic carbocycles. The van der Waals surface area contributed by atoms with Gasteiger partial charge < -0.3 is 14.2 Å². The predicted octanol–water partition coefficient (Wildman–Crippen LogP) is 3.14. The van der Waals surface area contributed by atoms with Crippen molar-refractivity contribution < 1.29 is 19.0 Å². The number of carbonyl (C=O) groups excluding carboxylic acids is 1. The van der Waals surface area contributed by atoms with Crippen LogP contribution in [0.5, 0.6) is 17.4 Å². The number of methoxy groups -OCH3 is 2. The van der Waals surface area contributed by atoms with E-state index in [9.17, 15) is 4.79 Å². The number of ether oxygens (including phenoxy) is 3. The second kappa shape index (κ2) is 6.95. The molecule has 110 valence electrons. The van der Waals surface area contributed by atoms with Crippen LogP contribution in [0.2, 0.25) is 5.02 Å². The van der Waals surface area contributed by atoms with Gasteiger partial charge in [0, 0.05) is 17.3 Å². The molecule has 0 atom stereocenters. The molecule has 0 spiro atoms. The summed E-state index contributed by atoms with van der Waals surface area (Å²) in [6, 6.07) is 6.72. The van der Waals surface area contributed by atoms with Gasteiger partial charge in [-0.3, -0.25) is 4.79 Å². The van der Waals surface area contributed by atoms with Crippen LogP contribution in [0.4, 0.5) is 0 Å². The van der Waals surface area contributed by atoms with Crippen molar-refractivity contribution in [2.75, 3.05) is 14.2 Å². The van der Waals surface area contributed by atoms with Gasteiger partial charge in [-0.2, -0.15) is 0 Å². The van der Waals surface area contributed by atoms with Gasteiger partial charge >= 0.3 is 0 Å². The lowest BCUT2D eigenvalue weighted by Crippen LogP contribution is -2.03. The molecule has 0 amide bonds. The molecule has 2 aromatic rings. The van der Waals surface area contributed by atoms with Gasteiger partial charge in [-0.1, -0.05) is 11.6 Å². The molecular weight excluding hydrogens is 294 g/mol. The average molecular weight is 308 g/mol. The van der Waals surface area contributed by atoms with Crippen molar-refractivity contribution in [2.45, 2.75) is 6.61 Å². The molecule has 0 radical (unpaired) electrons. The third-order valence-corrected chi connectivity index (χ3v) is 3.03. The smallest absolute Gasteiger partial charge is 0.219 e. The SMILES string of the molecule is COc1cc(Cl)cc(C=O)c1OCc1cccnc1OC. The molecule has 0 unspecified atom stereocenters. The minimum atomic E-state index is 0.190. The lowest BCUT2D eigenvalue weighted by molar-refractivity contribution is 0.111. The first-order valence-corrected chi connectivity index (χ1v) is 6.50. The Kier molecular flexibility index (Phi) is 5.00. The summed E-state index contributed by atoms with van der Waals surface area (Å²) in [6.45, 7) is 0.190. The van der Waals surface area contributed by atoms with Crippen molar-refractivity contribution in [1.29, 1.82) is 0 Å². The molecule has 5 nitrogen and oxygen atoms in total. The van der Waals surface area contributed by atoms with Crippen molar-refractivity contribution in [3.8, 4) is 17.4 Å². The second-order valence-electron chi connectivity index (χ2n) is 4.10. The number of benzene rings is 1. The van der Waals surface area contributed by atoms with Crippen molar-refractivity contribution in [3.63, 3.8) is 0 Å². The van der Waals surface area contributed by atoms with Crippen LogP contribution in [0.25, 0.3) is 0 Å². The third-order valence-electron chi connectivity index (χ3n) is 2.81. The lowest BCUT2D eigenvalue weighted by atomic mass is 10.2. The van der Waals surface area contributed by atoms with Crippen molar-refractivity contribution in [2.24, 2.45) is 0 Å². The monoisotopic (exact) mass is 307 g/mol. The van der Waals surface area contributed by atoms with Crippen LogP contribution in [0.1, 0.15) is 15.9 Å². The van der Waals surface area contributed by atoms with Gasteiger partial charge in [0.2, 0.25) is 5.88 Å². The van der Waals surface area contributed by atoms with Crippen LogP contribution in [-0.2, 0) is 6.61 Å². The van der Waals surface area contributed by atoms with Gasteiger partial charge in [0.05, 0.1) is 25.3 Å². The Morgan fingerprint density at radius 3 is 2.76 bits per heavy atom. The summed E-state index contributed by atoms with van der Waals surface area (Å²) < 4.78 is 16.1. The van der Waals surface area contributed by atoms with Crippen LogP contribution in [0.15, 0.2) is 30.5 Å². The Bertz CT molecular complexity index is 646. The molecule has 1 aromatic carbocycles. The van der Waals surface area contributed by atoms with Crippen LogP contribution in [-0.4, -0.2) is 25.5 Å². The average Bonchev–Trinajstić information content (AvgIpc) is 2.52. The molecule has 21 heavy (non-hydrogen) atoms. The lowest BCUT2D eigenvalue weighted by Gasteiger charge is -2.14. The topological polar surface area (TPSA) is 57.7 Å². The van der Waals surface area contributed by atoms with E-state index in [-0.39, 0.29) is 6.61 Å². The Morgan fingerprint density at radius 2 is 2.10 bits per heavy atom. The maximum absolute atomic E-state index is 11.2. The number of carbonyl (C=O) groups is 1. The summed E-state index contributed by atoms with van der Waals surface area (Å²) >= 11 is 5.92.